The van der Waals surface area contributed by atoms with E-state index in [-0.39, 0.29) is 11.8 Å². The molecule has 6 nitrogen and oxygen atoms in total. The summed E-state index contributed by atoms with van der Waals surface area (Å²) in [6.07, 6.45) is 3.69. The van der Waals surface area contributed by atoms with Crippen LogP contribution in [0.3, 0.4) is 0 Å². The maximum atomic E-state index is 14.1. The van der Waals surface area contributed by atoms with Gasteiger partial charge in [0.15, 0.2) is 0 Å². The number of para-hydroxylation sites is 1. The van der Waals surface area contributed by atoms with Gasteiger partial charge in [-0.3, -0.25) is 9.59 Å². The molecular weight excluding hydrogens is 452 g/mol. The molecule has 3 aliphatic heterocycles. The quantitative estimate of drug-likeness (QED) is 0.424. The Morgan fingerprint density at radius 3 is 2.22 bits per heavy atom. The van der Waals surface area contributed by atoms with Gasteiger partial charge in [-0.15, -0.1) is 0 Å². The van der Waals surface area contributed by atoms with Crippen molar-refractivity contribution < 1.29 is 19.1 Å². The van der Waals surface area contributed by atoms with Crippen LogP contribution in [0, 0.1) is 23.2 Å². The Hall–Kier alpha value is -3.69. The standard InChI is InChI=1S/C30H28N2O4/c1-2-14-29-15-16-30(36-29,17-18-35-21-8-4-3-5-9-21)26-25(29)27(33)32(28(26)34)24-13-12-20(19-31)22-10-6-7-11-23(22)24/h3-13,25-26H,2,14-18H2,1H3/t25-,26+,29-,30-/m0/s1. The number of nitrogens with zero attached hydrogens (tertiary/aromatic N) is 2. The summed E-state index contributed by atoms with van der Waals surface area (Å²) >= 11 is 0. The number of carbonyl (C=O) groups excluding carboxylic acids is 2. The molecule has 3 aromatic rings. The van der Waals surface area contributed by atoms with E-state index in [2.05, 4.69) is 13.0 Å². The van der Waals surface area contributed by atoms with Gasteiger partial charge in [0.2, 0.25) is 11.8 Å². The lowest BCUT2D eigenvalue weighted by atomic mass is 9.65. The zero-order chi connectivity index (χ0) is 24.9. The second-order valence-corrected chi connectivity index (χ2v) is 10.1. The van der Waals surface area contributed by atoms with E-state index in [1.165, 1.54) is 4.90 Å². The lowest BCUT2D eigenvalue weighted by molar-refractivity contribution is -0.132. The summed E-state index contributed by atoms with van der Waals surface area (Å²) in [5.74, 6) is -0.624. The summed E-state index contributed by atoms with van der Waals surface area (Å²) < 4.78 is 12.7. The highest BCUT2D eigenvalue weighted by atomic mass is 16.5. The minimum atomic E-state index is -0.710. The van der Waals surface area contributed by atoms with Crippen LogP contribution >= 0.6 is 0 Å². The van der Waals surface area contributed by atoms with E-state index in [1.807, 2.05) is 54.6 Å². The van der Waals surface area contributed by atoms with Crippen LogP contribution in [0.2, 0.25) is 0 Å². The molecule has 3 fully saturated rings. The Bertz CT molecular complexity index is 1400. The molecule has 3 saturated heterocycles. The van der Waals surface area contributed by atoms with Crippen molar-refractivity contribution in [2.75, 3.05) is 11.5 Å². The molecule has 2 bridgehead atoms. The first-order chi connectivity index (χ1) is 17.5. The van der Waals surface area contributed by atoms with Gasteiger partial charge >= 0.3 is 0 Å². The molecule has 3 heterocycles. The van der Waals surface area contributed by atoms with Crippen LogP contribution in [0.4, 0.5) is 5.69 Å². The summed E-state index contributed by atoms with van der Waals surface area (Å²) in [4.78, 5) is 29.5. The number of hydrogen-bond acceptors (Lipinski definition) is 5. The number of carbonyl (C=O) groups is 2. The second-order valence-electron chi connectivity index (χ2n) is 10.1. The number of amides is 2. The highest BCUT2D eigenvalue weighted by Gasteiger charge is 2.74. The molecule has 4 atom stereocenters. The van der Waals surface area contributed by atoms with Crippen LogP contribution in [0.1, 0.15) is 44.6 Å². The van der Waals surface area contributed by atoms with Crippen molar-refractivity contribution >= 4 is 28.3 Å². The molecular formula is C30H28N2O4. The second kappa shape index (κ2) is 8.46. The van der Waals surface area contributed by atoms with Crippen molar-refractivity contribution in [3.8, 4) is 11.8 Å². The fourth-order valence-corrected chi connectivity index (χ4v) is 6.86. The van der Waals surface area contributed by atoms with Crippen LogP contribution in [0.25, 0.3) is 10.8 Å². The van der Waals surface area contributed by atoms with E-state index in [1.54, 1.807) is 12.1 Å². The van der Waals surface area contributed by atoms with Gasteiger partial charge in [0.05, 0.1) is 47.0 Å². The molecule has 3 aromatic carbocycles. The summed E-state index contributed by atoms with van der Waals surface area (Å²) in [7, 11) is 0. The molecule has 0 aromatic heterocycles. The molecule has 6 heteroatoms. The van der Waals surface area contributed by atoms with Gasteiger partial charge in [-0.2, -0.15) is 5.26 Å². The van der Waals surface area contributed by atoms with Crippen molar-refractivity contribution in [2.45, 2.75) is 50.2 Å². The van der Waals surface area contributed by atoms with Gasteiger partial charge in [-0.05, 0) is 43.5 Å². The van der Waals surface area contributed by atoms with Gasteiger partial charge in [-0.1, -0.05) is 55.8 Å². The third kappa shape index (κ3) is 3.19. The largest absolute Gasteiger partial charge is 0.493 e. The molecule has 0 aliphatic carbocycles. The predicted octanol–water partition coefficient (Wildman–Crippen LogP) is 5.39. The van der Waals surface area contributed by atoms with Gasteiger partial charge in [0, 0.05) is 17.2 Å². The fourth-order valence-electron chi connectivity index (χ4n) is 6.86. The van der Waals surface area contributed by atoms with Crippen LogP contribution in [0.5, 0.6) is 5.75 Å². The molecule has 3 aliphatic rings. The number of rotatable bonds is 7. The SMILES string of the molecule is CCC[C@@]12CC[C@@](CCOc3ccccc3)(O1)[C@H]1C(=O)N(c3ccc(C#N)c4ccccc34)C(=O)[C@H]12. The number of anilines is 1. The van der Waals surface area contributed by atoms with Gasteiger partial charge in [0.25, 0.3) is 0 Å². The van der Waals surface area contributed by atoms with E-state index in [9.17, 15) is 14.9 Å². The van der Waals surface area contributed by atoms with E-state index in [0.29, 0.717) is 24.3 Å². The van der Waals surface area contributed by atoms with E-state index >= 15 is 0 Å². The van der Waals surface area contributed by atoms with Crippen LogP contribution < -0.4 is 9.64 Å². The maximum Gasteiger partial charge on any atom is 0.240 e. The number of nitriles is 1. The fraction of sp³-hybridized carbons (Fsp3) is 0.367. The van der Waals surface area contributed by atoms with Crippen molar-refractivity contribution in [1.29, 1.82) is 5.26 Å². The minimum absolute atomic E-state index is 0.182. The number of benzene rings is 3. The number of fused-ring (bicyclic) bond motifs is 6. The number of ether oxygens (including phenoxy) is 2. The van der Waals surface area contributed by atoms with Crippen LogP contribution in [0.15, 0.2) is 66.7 Å². The van der Waals surface area contributed by atoms with Gasteiger partial charge in [0.1, 0.15) is 5.75 Å². The van der Waals surface area contributed by atoms with E-state index in [4.69, 9.17) is 9.47 Å². The van der Waals surface area contributed by atoms with Gasteiger partial charge < -0.3 is 9.47 Å². The molecule has 182 valence electrons. The average Bonchev–Trinajstić information content (AvgIpc) is 3.50. The first-order valence-corrected chi connectivity index (χ1v) is 12.7. The summed E-state index contributed by atoms with van der Waals surface area (Å²) in [6.45, 7) is 2.51. The molecule has 0 radical (unpaired) electrons. The highest BCUT2D eigenvalue weighted by Crippen LogP contribution is 2.64. The van der Waals surface area contributed by atoms with Crippen molar-refractivity contribution in [2.24, 2.45) is 11.8 Å². The molecule has 2 amide bonds. The summed E-state index contributed by atoms with van der Waals surface area (Å²) in [5.41, 5.74) is -0.251. The Morgan fingerprint density at radius 2 is 1.56 bits per heavy atom. The lowest BCUT2D eigenvalue weighted by Crippen LogP contribution is -2.43. The first-order valence-electron chi connectivity index (χ1n) is 12.7. The van der Waals surface area contributed by atoms with Crippen molar-refractivity contribution in [3.05, 3.63) is 72.3 Å². The van der Waals surface area contributed by atoms with Crippen molar-refractivity contribution in [3.63, 3.8) is 0 Å². The Labute approximate surface area is 210 Å². The maximum absolute atomic E-state index is 14.1. The van der Waals surface area contributed by atoms with Gasteiger partial charge in [-0.25, -0.2) is 4.90 Å². The van der Waals surface area contributed by atoms with Crippen LogP contribution in [-0.4, -0.2) is 29.6 Å². The van der Waals surface area contributed by atoms with E-state index in [0.717, 1.165) is 42.2 Å². The Balaban J connectivity index is 1.38. The Kier molecular flexibility index (Phi) is 5.35. The third-order valence-electron chi connectivity index (χ3n) is 8.29. The molecule has 0 N–H and O–H groups in total. The molecule has 0 spiro atoms. The predicted molar refractivity (Wildman–Crippen MR) is 135 cm³/mol. The number of hydrogen-bond donors (Lipinski definition) is 0. The highest BCUT2D eigenvalue weighted by molar-refractivity contribution is 6.26. The summed E-state index contributed by atoms with van der Waals surface area (Å²) in [5, 5.41) is 11.0. The molecule has 0 saturated carbocycles. The molecule has 0 unspecified atom stereocenters. The molecule has 6 rings (SSSR count). The zero-order valence-corrected chi connectivity index (χ0v) is 20.3. The van der Waals surface area contributed by atoms with Crippen molar-refractivity contribution in [1.82, 2.24) is 0 Å². The normalized spacial score (nSPS) is 28.5. The summed E-state index contributed by atoms with van der Waals surface area (Å²) in [6, 6.07) is 22.7. The minimum Gasteiger partial charge on any atom is -0.493 e. The lowest BCUT2D eigenvalue weighted by Gasteiger charge is -2.31. The smallest absolute Gasteiger partial charge is 0.240 e. The molecule has 36 heavy (non-hydrogen) atoms. The number of imide groups is 1. The first kappa shape index (κ1) is 22.8. The average molecular weight is 481 g/mol. The third-order valence-corrected chi connectivity index (χ3v) is 8.29. The monoisotopic (exact) mass is 480 g/mol. The van der Waals surface area contributed by atoms with E-state index < -0.39 is 23.0 Å². The zero-order valence-electron chi connectivity index (χ0n) is 20.3. The topological polar surface area (TPSA) is 79.6 Å². The Morgan fingerprint density at radius 1 is 0.917 bits per heavy atom. The van der Waals surface area contributed by atoms with Crippen LogP contribution in [-0.2, 0) is 14.3 Å².